The van der Waals surface area contributed by atoms with Crippen LogP contribution in [0.25, 0.3) is 0 Å². The second-order valence-electron chi connectivity index (χ2n) is 4.76. The second kappa shape index (κ2) is 6.97. The lowest BCUT2D eigenvalue weighted by atomic mass is 10.2. The van der Waals surface area contributed by atoms with Crippen molar-refractivity contribution in [3.05, 3.63) is 29.6 Å². The number of ether oxygens (including phenoxy) is 1. The average Bonchev–Trinajstić information content (AvgIpc) is 2.43. The number of hydrogen-bond donors (Lipinski definition) is 0. The zero-order valence-corrected chi connectivity index (χ0v) is 13.3. The van der Waals surface area contributed by atoms with Crippen molar-refractivity contribution >= 4 is 16.0 Å². The summed E-state index contributed by atoms with van der Waals surface area (Å²) in [5, 5.41) is 0. The molecule has 1 aromatic carbocycles. The van der Waals surface area contributed by atoms with Crippen LogP contribution in [0.5, 0.6) is 0 Å². The first-order valence-electron chi connectivity index (χ1n) is 6.19. The highest BCUT2D eigenvalue weighted by Gasteiger charge is 2.27. The summed E-state index contributed by atoms with van der Waals surface area (Å²) in [7, 11) is 2.16. The number of esters is 1. The van der Waals surface area contributed by atoms with E-state index < -0.39 is 26.7 Å². The Bertz CT molecular complexity index is 617. The van der Waals surface area contributed by atoms with Crippen LogP contribution in [-0.2, 0) is 14.8 Å². The smallest absolute Gasteiger partial charge is 0.339 e. The highest BCUT2D eigenvalue weighted by atomic mass is 32.2. The first-order chi connectivity index (χ1) is 9.70. The van der Waals surface area contributed by atoms with Crippen molar-refractivity contribution in [2.75, 3.05) is 41.3 Å². The van der Waals surface area contributed by atoms with E-state index in [1.165, 1.54) is 7.05 Å². The SMILES string of the molecule is COC(=O)c1ccc(F)cc1S(=O)(=O)N(C)CCN(C)C. The number of carbonyl (C=O) groups is 1. The molecule has 118 valence electrons. The van der Waals surface area contributed by atoms with Crippen LogP contribution >= 0.6 is 0 Å². The van der Waals surface area contributed by atoms with E-state index >= 15 is 0 Å². The molecule has 0 heterocycles. The van der Waals surface area contributed by atoms with Gasteiger partial charge in [-0.1, -0.05) is 0 Å². The van der Waals surface area contributed by atoms with Gasteiger partial charge in [-0.25, -0.2) is 17.6 Å². The molecule has 0 radical (unpaired) electrons. The Morgan fingerprint density at radius 1 is 1.24 bits per heavy atom. The fourth-order valence-corrected chi connectivity index (χ4v) is 2.97. The summed E-state index contributed by atoms with van der Waals surface area (Å²) in [5.41, 5.74) is -0.185. The summed E-state index contributed by atoms with van der Waals surface area (Å²) >= 11 is 0. The Balaban J connectivity index is 3.23. The largest absolute Gasteiger partial charge is 0.465 e. The fraction of sp³-hybridized carbons (Fsp3) is 0.462. The van der Waals surface area contributed by atoms with Crippen LogP contribution in [0.4, 0.5) is 4.39 Å². The molecular weight excluding hydrogens is 299 g/mol. The van der Waals surface area contributed by atoms with E-state index in [-0.39, 0.29) is 12.1 Å². The van der Waals surface area contributed by atoms with E-state index in [0.29, 0.717) is 6.54 Å². The van der Waals surface area contributed by atoms with Crippen LogP contribution < -0.4 is 0 Å². The van der Waals surface area contributed by atoms with Crippen molar-refractivity contribution in [3.8, 4) is 0 Å². The molecule has 0 aliphatic rings. The Kier molecular flexibility index (Phi) is 5.82. The van der Waals surface area contributed by atoms with Gasteiger partial charge >= 0.3 is 5.97 Å². The molecule has 0 unspecified atom stereocenters. The predicted molar refractivity (Wildman–Crippen MR) is 76.1 cm³/mol. The van der Waals surface area contributed by atoms with Gasteiger partial charge in [0, 0.05) is 20.1 Å². The zero-order chi connectivity index (χ0) is 16.2. The van der Waals surface area contributed by atoms with Crippen LogP contribution in [0.15, 0.2) is 23.1 Å². The molecule has 0 N–H and O–H groups in total. The van der Waals surface area contributed by atoms with Gasteiger partial charge in [0.1, 0.15) is 5.82 Å². The molecule has 0 saturated carbocycles. The van der Waals surface area contributed by atoms with Gasteiger partial charge in [-0.05, 0) is 32.3 Å². The highest BCUT2D eigenvalue weighted by molar-refractivity contribution is 7.89. The van der Waals surface area contributed by atoms with Crippen LogP contribution in [0.1, 0.15) is 10.4 Å². The number of benzene rings is 1. The molecule has 0 saturated heterocycles. The minimum absolute atomic E-state index is 0.185. The molecule has 0 aromatic heterocycles. The summed E-state index contributed by atoms with van der Waals surface area (Å²) in [4.78, 5) is 13.1. The maximum atomic E-state index is 13.4. The molecule has 0 aliphatic carbocycles. The molecule has 0 aliphatic heterocycles. The van der Waals surface area contributed by atoms with Gasteiger partial charge in [0.05, 0.1) is 17.6 Å². The lowest BCUT2D eigenvalue weighted by Crippen LogP contribution is -2.34. The summed E-state index contributed by atoms with van der Waals surface area (Å²) in [6, 6.07) is 2.95. The average molecular weight is 318 g/mol. The Labute approximate surface area is 124 Å². The zero-order valence-electron chi connectivity index (χ0n) is 12.5. The fourth-order valence-electron chi connectivity index (χ4n) is 1.62. The second-order valence-corrected chi connectivity index (χ2v) is 6.78. The number of hydrogen-bond acceptors (Lipinski definition) is 5. The summed E-state index contributed by atoms with van der Waals surface area (Å²) < 4.78 is 43.9. The van der Waals surface area contributed by atoms with Crippen LogP contribution in [0.3, 0.4) is 0 Å². The topological polar surface area (TPSA) is 66.9 Å². The molecular formula is C13H19FN2O4S. The quantitative estimate of drug-likeness (QED) is 0.726. The third-order valence-electron chi connectivity index (χ3n) is 2.90. The number of sulfonamides is 1. The van der Waals surface area contributed by atoms with E-state index in [1.54, 1.807) is 0 Å². The predicted octanol–water partition coefficient (Wildman–Crippen LogP) is 0.794. The van der Waals surface area contributed by atoms with Gasteiger partial charge in [-0.2, -0.15) is 4.31 Å². The van der Waals surface area contributed by atoms with E-state index in [1.807, 2.05) is 19.0 Å². The number of methoxy groups -OCH3 is 1. The first-order valence-corrected chi connectivity index (χ1v) is 7.63. The molecule has 0 atom stereocenters. The highest BCUT2D eigenvalue weighted by Crippen LogP contribution is 2.21. The molecule has 0 fully saturated rings. The van der Waals surface area contributed by atoms with E-state index in [4.69, 9.17) is 0 Å². The van der Waals surface area contributed by atoms with E-state index in [9.17, 15) is 17.6 Å². The van der Waals surface area contributed by atoms with Gasteiger partial charge in [0.2, 0.25) is 10.0 Å². The third kappa shape index (κ3) is 4.23. The molecule has 1 rings (SSSR count). The number of rotatable bonds is 6. The van der Waals surface area contributed by atoms with Gasteiger partial charge in [-0.3, -0.25) is 0 Å². The molecule has 6 nitrogen and oxygen atoms in total. The lowest BCUT2D eigenvalue weighted by molar-refractivity contribution is 0.0596. The molecule has 21 heavy (non-hydrogen) atoms. The summed E-state index contributed by atoms with van der Waals surface area (Å²) in [6.07, 6.45) is 0. The Morgan fingerprint density at radius 3 is 2.38 bits per heavy atom. The molecule has 0 spiro atoms. The number of carbonyl (C=O) groups excluding carboxylic acids is 1. The van der Waals surface area contributed by atoms with Gasteiger partial charge in [-0.15, -0.1) is 0 Å². The maximum absolute atomic E-state index is 13.4. The summed E-state index contributed by atoms with van der Waals surface area (Å²) in [5.74, 6) is -1.56. The van der Waals surface area contributed by atoms with Gasteiger partial charge in [0.15, 0.2) is 0 Å². The normalized spacial score (nSPS) is 12.0. The van der Waals surface area contributed by atoms with Crippen molar-refractivity contribution in [1.29, 1.82) is 0 Å². The minimum atomic E-state index is -3.98. The van der Waals surface area contributed by atoms with E-state index in [2.05, 4.69) is 4.74 Å². The van der Waals surface area contributed by atoms with Crippen LogP contribution in [0.2, 0.25) is 0 Å². The molecule has 8 heteroatoms. The minimum Gasteiger partial charge on any atom is -0.465 e. The Morgan fingerprint density at radius 2 is 1.86 bits per heavy atom. The molecule has 0 amide bonds. The number of nitrogens with zero attached hydrogens (tertiary/aromatic N) is 2. The number of halogens is 1. The lowest BCUT2D eigenvalue weighted by Gasteiger charge is -2.20. The maximum Gasteiger partial charge on any atom is 0.339 e. The van der Waals surface area contributed by atoms with Gasteiger partial charge < -0.3 is 9.64 Å². The van der Waals surface area contributed by atoms with Crippen molar-refractivity contribution in [2.24, 2.45) is 0 Å². The molecule has 0 bridgehead atoms. The summed E-state index contributed by atoms with van der Waals surface area (Å²) in [6.45, 7) is 0.713. The van der Waals surface area contributed by atoms with Crippen LogP contribution in [-0.4, -0.2) is 64.9 Å². The monoisotopic (exact) mass is 318 g/mol. The molecule has 1 aromatic rings. The van der Waals surface area contributed by atoms with E-state index in [0.717, 1.165) is 29.6 Å². The van der Waals surface area contributed by atoms with Crippen molar-refractivity contribution in [2.45, 2.75) is 4.90 Å². The third-order valence-corrected chi connectivity index (χ3v) is 4.80. The standard InChI is InChI=1S/C13H19FN2O4S/c1-15(2)7-8-16(3)21(18,19)12-9-10(14)5-6-11(12)13(17)20-4/h5-6,9H,7-8H2,1-4H3. The van der Waals surface area contributed by atoms with Crippen molar-refractivity contribution in [3.63, 3.8) is 0 Å². The first kappa shape index (κ1) is 17.5. The Hall–Kier alpha value is -1.51. The number of likely N-dealkylation sites (N-methyl/N-ethyl adjacent to an activating group) is 2. The van der Waals surface area contributed by atoms with Crippen molar-refractivity contribution in [1.82, 2.24) is 9.21 Å². The van der Waals surface area contributed by atoms with Crippen LogP contribution in [0, 0.1) is 5.82 Å². The van der Waals surface area contributed by atoms with Gasteiger partial charge in [0.25, 0.3) is 0 Å². The van der Waals surface area contributed by atoms with Crippen molar-refractivity contribution < 1.29 is 22.3 Å².